The van der Waals surface area contributed by atoms with E-state index in [2.05, 4.69) is 26.7 Å². The maximum atomic E-state index is 11.9. The van der Waals surface area contributed by atoms with Gasteiger partial charge in [0.05, 0.1) is 15.9 Å². The Balaban J connectivity index is 1.88. The van der Waals surface area contributed by atoms with E-state index in [-0.39, 0.29) is 6.03 Å². The zero-order valence-corrected chi connectivity index (χ0v) is 16.4. The molecule has 1 aromatic carbocycles. The molecule has 0 saturated carbocycles. The van der Waals surface area contributed by atoms with Crippen molar-refractivity contribution in [3.05, 3.63) is 60.6 Å². The van der Waals surface area contributed by atoms with Crippen LogP contribution in [0.25, 0.3) is 32.6 Å². The van der Waals surface area contributed by atoms with Gasteiger partial charge in [0.15, 0.2) is 5.13 Å². The van der Waals surface area contributed by atoms with Gasteiger partial charge >= 0.3 is 6.03 Å². The van der Waals surface area contributed by atoms with Crippen LogP contribution in [0.4, 0.5) is 9.93 Å². The van der Waals surface area contributed by atoms with Gasteiger partial charge in [-0.2, -0.15) is 0 Å². The van der Waals surface area contributed by atoms with Gasteiger partial charge in [0.2, 0.25) is 0 Å². The lowest BCUT2D eigenvalue weighted by Crippen LogP contribution is -2.28. The number of hydrogen-bond donors (Lipinski definition) is 2. The first-order valence-corrected chi connectivity index (χ1v) is 9.79. The van der Waals surface area contributed by atoms with Crippen LogP contribution < -0.4 is 10.6 Å². The second-order valence-corrected chi connectivity index (χ2v) is 7.28. The molecule has 2 N–H and O–H groups in total. The fourth-order valence-corrected chi connectivity index (χ4v) is 3.94. The predicted molar refractivity (Wildman–Crippen MR) is 114 cm³/mol. The Morgan fingerprint density at radius 1 is 1.11 bits per heavy atom. The molecule has 140 valence electrons. The summed E-state index contributed by atoms with van der Waals surface area (Å²) in [7, 11) is 0. The van der Waals surface area contributed by atoms with E-state index in [0.717, 1.165) is 38.3 Å². The lowest BCUT2D eigenvalue weighted by Gasteiger charge is -2.07. The topological polar surface area (TPSA) is 79.8 Å². The van der Waals surface area contributed by atoms with Gasteiger partial charge in [-0.15, -0.1) is 0 Å². The number of pyridine rings is 2. The minimum Gasteiger partial charge on any atom is -0.338 e. The third-order valence-electron chi connectivity index (χ3n) is 4.21. The molecular formula is C21H19N5OS. The molecule has 0 unspecified atom stereocenters. The summed E-state index contributed by atoms with van der Waals surface area (Å²) in [6.07, 6.45) is 3.58. The number of nitrogens with one attached hydrogen (secondary N) is 2. The molecule has 0 aliphatic heterocycles. The third kappa shape index (κ3) is 3.70. The minimum absolute atomic E-state index is 0.260. The summed E-state index contributed by atoms with van der Waals surface area (Å²) in [6.45, 7) is 4.40. The maximum Gasteiger partial charge on any atom is 0.321 e. The average Bonchev–Trinajstić information content (AvgIpc) is 3.10. The number of aryl methyl sites for hydroxylation is 1. The molecule has 0 radical (unpaired) electrons. The number of hydrogen-bond acceptors (Lipinski definition) is 5. The molecule has 7 heteroatoms. The highest BCUT2D eigenvalue weighted by molar-refractivity contribution is 7.22. The highest BCUT2D eigenvalue weighted by atomic mass is 32.1. The molecule has 0 aliphatic rings. The number of amides is 2. The Hall–Kier alpha value is -3.32. The molecule has 2 amide bonds. The zero-order chi connectivity index (χ0) is 19.5. The highest BCUT2D eigenvalue weighted by Gasteiger charge is 2.15. The first-order valence-electron chi connectivity index (χ1n) is 8.98. The van der Waals surface area contributed by atoms with E-state index in [1.165, 1.54) is 11.3 Å². The number of anilines is 1. The number of urea groups is 1. The molecule has 6 nitrogen and oxygen atoms in total. The minimum atomic E-state index is -0.260. The monoisotopic (exact) mass is 389 g/mol. The molecule has 3 aromatic heterocycles. The normalized spacial score (nSPS) is 10.8. The van der Waals surface area contributed by atoms with Gasteiger partial charge in [0.1, 0.15) is 0 Å². The van der Waals surface area contributed by atoms with Gasteiger partial charge in [0.25, 0.3) is 0 Å². The van der Waals surface area contributed by atoms with Gasteiger partial charge in [-0.3, -0.25) is 15.3 Å². The van der Waals surface area contributed by atoms with Crippen molar-refractivity contribution in [3.63, 3.8) is 0 Å². The molecule has 3 heterocycles. The van der Waals surface area contributed by atoms with E-state index >= 15 is 0 Å². The SMILES string of the molecule is CCNC(=O)Nc1nc2cc(-c3cccnc3)cc(-c3cccc(C)n3)c2s1. The van der Waals surface area contributed by atoms with Crippen LogP contribution in [0, 0.1) is 6.92 Å². The Kier molecular flexibility index (Phi) is 4.99. The van der Waals surface area contributed by atoms with Crippen LogP contribution >= 0.6 is 11.3 Å². The number of carbonyl (C=O) groups excluding carboxylic acids is 1. The average molecular weight is 389 g/mol. The van der Waals surface area contributed by atoms with Gasteiger partial charge in [-0.1, -0.05) is 23.5 Å². The summed E-state index contributed by atoms with van der Waals surface area (Å²) in [5.41, 5.74) is 5.64. The van der Waals surface area contributed by atoms with Crippen LogP contribution in [0.2, 0.25) is 0 Å². The van der Waals surface area contributed by atoms with Crippen molar-refractivity contribution in [3.8, 4) is 22.4 Å². The molecule has 0 bridgehead atoms. The standard InChI is InChI=1S/C21H19N5OS/c1-3-23-20(27)26-21-25-18-11-15(14-7-5-9-22-12-14)10-16(19(18)28-21)17-8-4-6-13(2)24-17/h4-12H,3H2,1-2H3,(H2,23,25,26,27). The van der Waals surface area contributed by atoms with Crippen LogP contribution in [0.1, 0.15) is 12.6 Å². The fraction of sp³-hybridized carbons (Fsp3) is 0.143. The van der Waals surface area contributed by atoms with Gasteiger partial charge in [0, 0.05) is 35.8 Å². The molecule has 4 rings (SSSR count). The van der Waals surface area contributed by atoms with E-state index in [9.17, 15) is 4.79 Å². The summed E-state index contributed by atoms with van der Waals surface area (Å²) < 4.78 is 0.984. The number of rotatable bonds is 4. The van der Waals surface area contributed by atoms with Crippen LogP contribution in [0.3, 0.4) is 0 Å². The fourth-order valence-electron chi connectivity index (χ4n) is 2.97. The molecule has 0 spiro atoms. The van der Waals surface area contributed by atoms with Crippen molar-refractivity contribution in [2.75, 3.05) is 11.9 Å². The van der Waals surface area contributed by atoms with Crippen molar-refractivity contribution in [1.82, 2.24) is 20.3 Å². The van der Waals surface area contributed by atoms with Crippen molar-refractivity contribution in [1.29, 1.82) is 0 Å². The summed E-state index contributed by atoms with van der Waals surface area (Å²) in [4.78, 5) is 25.4. The second kappa shape index (κ2) is 7.74. The predicted octanol–water partition coefficient (Wildman–Crippen LogP) is 4.87. The second-order valence-electron chi connectivity index (χ2n) is 6.28. The first kappa shape index (κ1) is 18.1. The summed E-state index contributed by atoms with van der Waals surface area (Å²) >= 11 is 1.44. The van der Waals surface area contributed by atoms with E-state index in [1.54, 1.807) is 6.20 Å². The number of nitrogens with zero attached hydrogens (tertiary/aromatic N) is 3. The molecule has 28 heavy (non-hydrogen) atoms. The van der Waals surface area contributed by atoms with E-state index < -0.39 is 0 Å². The van der Waals surface area contributed by atoms with Crippen molar-refractivity contribution >= 4 is 32.7 Å². The van der Waals surface area contributed by atoms with Crippen molar-refractivity contribution in [2.45, 2.75) is 13.8 Å². The lowest BCUT2D eigenvalue weighted by molar-refractivity contribution is 0.252. The Morgan fingerprint density at radius 3 is 2.75 bits per heavy atom. The van der Waals surface area contributed by atoms with Crippen LogP contribution in [-0.4, -0.2) is 27.5 Å². The lowest BCUT2D eigenvalue weighted by atomic mass is 10.0. The number of benzene rings is 1. The summed E-state index contributed by atoms with van der Waals surface area (Å²) in [5, 5.41) is 6.09. The highest BCUT2D eigenvalue weighted by Crippen LogP contribution is 2.38. The van der Waals surface area contributed by atoms with Crippen LogP contribution in [-0.2, 0) is 0 Å². The van der Waals surface area contributed by atoms with E-state index in [0.29, 0.717) is 11.7 Å². The number of fused-ring (bicyclic) bond motifs is 1. The Labute approximate surface area is 166 Å². The molecule has 0 atom stereocenters. The van der Waals surface area contributed by atoms with Gasteiger partial charge < -0.3 is 5.32 Å². The molecule has 0 aliphatic carbocycles. The Bertz CT molecular complexity index is 1140. The summed E-state index contributed by atoms with van der Waals surface area (Å²) in [5.74, 6) is 0. The maximum absolute atomic E-state index is 11.9. The first-order chi connectivity index (χ1) is 13.6. The molecular weight excluding hydrogens is 370 g/mol. The number of carbonyl (C=O) groups is 1. The van der Waals surface area contributed by atoms with Gasteiger partial charge in [-0.05, 0) is 49.7 Å². The molecule has 0 fully saturated rings. The number of aromatic nitrogens is 3. The molecule has 4 aromatic rings. The van der Waals surface area contributed by atoms with Crippen LogP contribution in [0.5, 0.6) is 0 Å². The number of thiazole rings is 1. The largest absolute Gasteiger partial charge is 0.338 e. The third-order valence-corrected chi connectivity index (χ3v) is 5.23. The zero-order valence-electron chi connectivity index (χ0n) is 15.6. The van der Waals surface area contributed by atoms with Crippen LogP contribution in [0.15, 0.2) is 54.9 Å². The van der Waals surface area contributed by atoms with Crippen molar-refractivity contribution in [2.24, 2.45) is 0 Å². The quantitative estimate of drug-likeness (QED) is 0.522. The van der Waals surface area contributed by atoms with Crippen molar-refractivity contribution < 1.29 is 4.79 Å². The smallest absolute Gasteiger partial charge is 0.321 e. The van der Waals surface area contributed by atoms with E-state index in [1.807, 2.05) is 56.4 Å². The van der Waals surface area contributed by atoms with E-state index in [4.69, 9.17) is 4.98 Å². The Morgan fingerprint density at radius 2 is 2.00 bits per heavy atom. The van der Waals surface area contributed by atoms with Gasteiger partial charge in [-0.25, -0.2) is 9.78 Å². The summed E-state index contributed by atoms with van der Waals surface area (Å²) in [6, 6.07) is 13.8. The molecule has 0 saturated heterocycles.